The van der Waals surface area contributed by atoms with Crippen molar-refractivity contribution in [2.75, 3.05) is 19.6 Å². The lowest BCUT2D eigenvalue weighted by Crippen LogP contribution is -2.35. The highest BCUT2D eigenvalue weighted by Crippen LogP contribution is 2.21. The molecular weight excluding hydrogens is 218 g/mol. The topological polar surface area (TPSA) is 3.24 Å². The Bertz CT molecular complexity index is 312. The molecule has 0 amide bonds. The van der Waals surface area contributed by atoms with Gasteiger partial charge in [-0.1, -0.05) is 50.1 Å². The van der Waals surface area contributed by atoms with E-state index in [0.717, 1.165) is 5.92 Å². The summed E-state index contributed by atoms with van der Waals surface area (Å²) < 4.78 is 0. The Hall–Kier alpha value is -0.820. The second kappa shape index (κ2) is 7.58. The van der Waals surface area contributed by atoms with Gasteiger partial charge >= 0.3 is 0 Å². The van der Waals surface area contributed by atoms with Gasteiger partial charge in [0.25, 0.3) is 0 Å². The number of likely N-dealkylation sites (tertiary alicyclic amines) is 1. The van der Waals surface area contributed by atoms with Crippen molar-refractivity contribution < 1.29 is 0 Å². The maximum atomic E-state index is 2.66. The summed E-state index contributed by atoms with van der Waals surface area (Å²) in [4.78, 5) is 2.66. The molecule has 0 atom stereocenters. The number of rotatable bonds is 6. The van der Waals surface area contributed by atoms with Crippen LogP contribution in [0.2, 0.25) is 0 Å². The van der Waals surface area contributed by atoms with Crippen LogP contribution in [0.4, 0.5) is 0 Å². The summed E-state index contributed by atoms with van der Waals surface area (Å²) in [6.45, 7) is 6.25. The van der Waals surface area contributed by atoms with E-state index in [1.54, 1.807) is 0 Å². The van der Waals surface area contributed by atoms with Crippen molar-refractivity contribution in [1.82, 2.24) is 4.90 Å². The highest BCUT2D eigenvalue weighted by atomic mass is 15.1. The summed E-state index contributed by atoms with van der Waals surface area (Å²) in [5.74, 6) is 0.912. The van der Waals surface area contributed by atoms with Gasteiger partial charge in [0.05, 0.1) is 0 Å². The zero-order chi connectivity index (χ0) is 12.6. The molecule has 1 heterocycles. The molecule has 1 aliphatic rings. The van der Waals surface area contributed by atoms with Crippen molar-refractivity contribution in [3.8, 4) is 0 Å². The highest BCUT2D eigenvalue weighted by Gasteiger charge is 2.18. The van der Waals surface area contributed by atoms with Crippen LogP contribution >= 0.6 is 0 Å². The van der Waals surface area contributed by atoms with E-state index < -0.39 is 0 Å². The molecule has 1 heteroatoms. The van der Waals surface area contributed by atoms with Crippen LogP contribution in [-0.4, -0.2) is 24.5 Å². The molecule has 18 heavy (non-hydrogen) atoms. The molecule has 0 bridgehead atoms. The van der Waals surface area contributed by atoms with E-state index in [1.165, 1.54) is 63.7 Å². The van der Waals surface area contributed by atoms with E-state index in [-0.39, 0.29) is 0 Å². The third kappa shape index (κ3) is 4.45. The molecule has 0 N–H and O–H groups in total. The summed E-state index contributed by atoms with van der Waals surface area (Å²) in [6.07, 6.45) is 8.18. The zero-order valence-electron chi connectivity index (χ0n) is 11.8. The normalized spacial score (nSPS) is 18.1. The lowest BCUT2D eigenvalue weighted by molar-refractivity contribution is 0.181. The van der Waals surface area contributed by atoms with Crippen LogP contribution in [-0.2, 0) is 6.42 Å². The monoisotopic (exact) mass is 245 g/mol. The molecule has 1 nitrogen and oxygen atoms in total. The fourth-order valence-corrected chi connectivity index (χ4v) is 2.95. The molecule has 1 aromatic rings. The number of nitrogens with zero attached hydrogens (tertiary/aromatic N) is 1. The third-order valence-corrected chi connectivity index (χ3v) is 4.15. The molecule has 0 spiro atoms. The summed E-state index contributed by atoms with van der Waals surface area (Å²) in [5.41, 5.74) is 1.52. The van der Waals surface area contributed by atoms with Crippen molar-refractivity contribution in [3.05, 3.63) is 35.9 Å². The van der Waals surface area contributed by atoms with Gasteiger partial charge in [-0.3, -0.25) is 0 Å². The second-order valence-corrected chi connectivity index (χ2v) is 5.68. The van der Waals surface area contributed by atoms with Crippen LogP contribution in [0.15, 0.2) is 30.3 Å². The van der Waals surface area contributed by atoms with Crippen LogP contribution < -0.4 is 0 Å². The molecule has 0 unspecified atom stereocenters. The molecule has 1 aliphatic heterocycles. The number of hydrogen-bond donors (Lipinski definition) is 0. The Morgan fingerprint density at radius 1 is 1.06 bits per heavy atom. The van der Waals surface area contributed by atoms with E-state index in [0.29, 0.717) is 0 Å². The fourth-order valence-electron chi connectivity index (χ4n) is 2.95. The van der Waals surface area contributed by atoms with Crippen LogP contribution in [0, 0.1) is 5.92 Å². The number of hydrogen-bond acceptors (Lipinski definition) is 1. The van der Waals surface area contributed by atoms with Gasteiger partial charge < -0.3 is 4.90 Å². The molecule has 0 aromatic heterocycles. The van der Waals surface area contributed by atoms with Crippen LogP contribution in [0.1, 0.15) is 44.6 Å². The van der Waals surface area contributed by atoms with Gasteiger partial charge in [-0.2, -0.15) is 0 Å². The predicted octanol–water partition coefficient (Wildman–Crippen LogP) is 4.13. The highest BCUT2D eigenvalue weighted by molar-refractivity contribution is 5.15. The summed E-state index contributed by atoms with van der Waals surface area (Å²) >= 11 is 0. The number of benzene rings is 1. The lowest BCUT2D eigenvalue weighted by atomic mass is 9.90. The summed E-state index contributed by atoms with van der Waals surface area (Å²) in [7, 11) is 0. The number of unbranched alkanes of at least 4 members (excludes halogenated alkanes) is 2. The van der Waals surface area contributed by atoms with Gasteiger partial charge in [0.2, 0.25) is 0 Å². The lowest BCUT2D eigenvalue weighted by Gasteiger charge is -2.32. The van der Waals surface area contributed by atoms with Gasteiger partial charge in [0.15, 0.2) is 0 Å². The molecule has 100 valence electrons. The van der Waals surface area contributed by atoms with Crippen molar-refractivity contribution in [3.63, 3.8) is 0 Å². The van der Waals surface area contributed by atoms with Gasteiger partial charge in [-0.15, -0.1) is 0 Å². The summed E-state index contributed by atoms with van der Waals surface area (Å²) in [6, 6.07) is 11.0. The second-order valence-electron chi connectivity index (χ2n) is 5.68. The van der Waals surface area contributed by atoms with Crippen LogP contribution in [0.25, 0.3) is 0 Å². The average Bonchev–Trinajstić information content (AvgIpc) is 2.42. The average molecular weight is 245 g/mol. The smallest absolute Gasteiger partial charge is 0.00160 e. The third-order valence-electron chi connectivity index (χ3n) is 4.15. The molecular formula is C17H27N. The van der Waals surface area contributed by atoms with Crippen LogP contribution in [0.5, 0.6) is 0 Å². The minimum atomic E-state index is 0.912. The van der Waals surface area contributed by atoms with Crippen LogP contribution in [0.3, 0.4) is 0 Å². The van der Waals surface area contributed by atoms with Crippen molar-refractivity contribution >= 4 is 0 Å². The Morgan fingerprint density at radius 2 is 1.78 bits per heavy atom. The maximum Gasteiger partial charge on any atom is -0.00160 e. The molecule has 0 radical (unpaired) electrons. The SMILES string of the molecule is CCCCCN1CCC(Cc2ccccc2)CC1. The first-order valence-corrected chi connectivity index (χ1v) is 7.64. The molecule has 1 fully saturated rings. The van der Waals surface area contributed by atoms with E-state index in [9.17, 15) is 0 Å². The summed E-state index contributed by atoms with van der Waals surface area (Å²) in [5, 5.41) is 0. The Kier molecular flexibility index (Phi) is 5.73. The minimum absolute atomic E-state index is 0.912. The van der Waals surface area contributed by atoms with Gasteiger partial charge in [-0.05, 0) is 56.8 Å². The fraction of sp³-hybridized carbons (Fsp3) is 0.647. The Balaban J connectivity index is 1.67. The first-order chi connectivity index (χ1) is 8.88. The van der Waals surface area contributed by atoms with Crippen molar-refractivity contribution in [2.24, 2.45) is 5.92 Å². The van der Waals surface area contributed by atoms with E-state index >= 15 is 0 Å². The molecule has 2 rings (SSSR count). The minimum Gasteiger partial charge on any atom is -0.303 e. The first-order valence-electron chi connectivity index (χ1n) is 7.64. The van der Waals surface area contributed by atoms with Gasteiger partial charge in [0, 0.05) is 0 Å². The largest absolute Gasteiger partial charge is 0.303 e. The van der Waals surface area contributed by atoms with Gasteiger partial charge in [0.1, 0.15) is 0 Å². The van der Waals surface area contributed by atoms with E-state index in [1.807, 2.05) is 0 Å². The standard InChI is InChI=1S/C17H27N/c1-2-3-7-12-18-13-10-17(11-14-18)15-16-8-5-4-6-9-16/h4-6,8-9,17H,2-3,7,10-15H2,1H3. The van der Waals surface area contributed by atoms with E-state index in [4.69, 9.17) is 0 Å². The molecule has 1 aromatic carbocycles. The predicted molar refractivity (Wildman–Crippen MR) is 78.8 cm³/mol. The number of piperidine rings is 1. The first kappa shape index (κ1) is 13.6. The Labute approximate surface area is 112 Å². The zero-order valence-corrected chi connectivity index (χ0v) is 11.8. The molecule has 0 saturated carbocycles. The van der Waals surface area contributed by atoms with Gasteiger partial charge in [-0.25, -0.2) is 0 Å². The van der Waals surface area contributed by atoms with E-state index in [2.05, 4.69) is 42.2 Å². The Morgan fingerprint density at radius 3 is 2.44 bits per heavy atom. The van der Waals surface area contributed by atoms with Crippen molar-refractivity contribution in [2.45, 2.75) is 45.4 Å². The molecule has 1 saturated heterocycles. The molecule has 0 aliphatic carbocycles. The quantitative estimate of drug-likeness (QED) is 0.681. The van der Waals surface area contributed by atoms with Crippen molar-refractivity contribution in [1.29, 1.82) is 0 Å². The maximum absolute atomic E-state index is 2.66.